The molecule has 6 nitrogen and oxygen atoms in total. The first-order valence-electron chi connectivity index (χ1n) is 8.97. The number of benzene rings is 2. The van der Waals surface area contributed by atoms with Crippen LogP contribution in [-0.2, 0) is 0 Å². The molecule has 2 aromatic rings. The molecule has 0 bridgehead atoms. The summed E-state index contributed by atoms with van der Waals surface area (Å²) in [5.74, 6) is 0.692. The molecule has 0 spiro atoms. The summed E-state index contributed by atoms with van der Waals surface area (Å²) in [4.78, 5) is 25.8. The Morgan fingerprint density at radius 3 is 2.26 bits per heavy atom. The quantitative estimate of drug-likeness (QED) is 0.782. The maximum atomic E-state index is 12.5. The Kier molecular flexibility index (Phi) is 7.23. The maximum Gasteiger partial charge on any atom is 0.319 e. The molecule has 0 unspecified atom stereocenters. The van der Waals surface area contributed by atoms with Crippen molar-refractivity contribution in [2.75, 3.05) is 25.5 Å². The first-order chi connectivity index (χ1) is 12.8. The van der Waals surface area contributed by atoms with Crippen molar-refractivity contribution in [2.24, 2.45) is 0 Å². The summed E-state index contributed by atoms with van der Waals surface area (Å²) in [6, 6.07) is 14.4. The number of carbonyl (C=O) groups excluding carboxylic acids is 2. The minimum Gasteiger partial charge on any atom is -0.492 e. The van der Waals surface area contributed by atoms with Crippen LogP contribution >= 0.6 is 0 Å². The normalized spacial score (nSPS) is 10.4. The Labute approximate surface area is 160 Å². The predicted octanol–water partition coefficient (Wildman–Crippen LogP) is 3.68. The number of nitrogens with zero attached hydrogens (tertiary/aromatic N) is 1. The molecule has 27 heavy (non-hydrogen) atoms. The standard InChI is InChI=1S/C21H27N3O3/c1-15(2)22-21(26)23-18-9-7-17(8-10-18)20(25)24(4)13-14-27-19-11-5-16(3)6-12-19/h5-12,15H,13-14H2,1-4H3,(H2,22,23,26). The van der Waals surface area contributed by atoms with Crippen LogP contribution < -0.4 is 15.4 Å². The van der Waals surface area contributed by atoms with E-state index in [4.69, 9.17) is 4.74 Å². The average Bonchev–Trinajstić information content (AvgIpc) is 2.62. The van der Waals surface area contributed by atoms with E-state index in [1.165, 1.54) is 5.56 Å². The van der Waals surface area contributed by atoms with Crippen LogP contribution in [0.5, 0.6) is 5.75 Å². The molecule has 0 aliphatic rings. The van der Waals surface area contributed by atoms with Crippen molar-refractivity contribution >= 4 is 17.6 Å². The van der Waals surface area contributed by atoms with Gasteiger partial charge >= 0.3 is 6.03 Å². The lowest BCUT2D eigenvalue weighted by molar-refractivity contribution is 0.0774. The molecule has 0 radical (unpaired) electrons. The van der Waals surface area contributed by atoms with Gasteiger partial charge in [-0.05, 0) is 57.2 Å². The van der Waals surface area contributed by atoms with E-state index < -0.39 is 0 Å². The van der Waals surface area contributed by atoms with E-state index in [1.807, 2.05) is 45.0 Å². The van der Waals surface area contributed by atoms with Gasteiger partial charge in [-0.3, -0.25) is 4.79 Å². The molecule has 0 aliphatic heterocycles. The zero-order valence-corrected chi connectivity index (χ0v) is 16.3. The van der Waals surface area contributed by atoms with E-state index in [9.17, 15) is 9.59 Å². The number of nitrogens with one attached hydrogen (secondary N) is 2. The smallest absolute Gasteiger partial charge is 0.319 e. The Morgan fingerprint density at radius 2 is 1.67 bits per heavy atom. The average molecular weight is 369 g/mol. The lowest BCUT2D eigenvalue weighted by atomic mass is 10.2. The third kappa shape index (κ3) is 6.66. The van der Waals surface area contributed by atoms with Gasteiger partial charge in [-0.2, -0.15) is 0 Å². The summed E-state index contributed by atoms with van der Waals surface area (Å²) in [6.07, 6.45) is 0. The fraction of sp³-hybridized carbons (Fsp3) is 0.333. The van der Waals surface area contributed by atoms with Gasteiger partial charge in [-0.1, -0.05) is 17.7 Å². The van der Waals surface area contributed by atoms with Crippen LogP contribution in [0.25, 0.3) is 0 Å². The summed E-state index contributed by atoms with van der Waals surface area (Å²) >= 11 is 0. The van der Waals surface area contributed by atoms with Gasteiger partial charge in [0.1, 0.15) is 12.4 Å². The van der Waals surface area contributed by atoms with Crippen LogP contribution in [0, 0.1) is 6.92 Å². The number of hydrogen-bond acceptors (Lipinski definition) is 3. The van der Waals surface area contributed by atoms with Crippen molar-refractivity contribution in [1.29, 1.82) is 0 Å². The molecule has 2 aromatic carbocycles. The Bertz CT molecular complexity index is 755. The SMILES string of the molecule is Cc1ccc(OCCN(C)C(=O)c2ccc(NC(=O)NC(C)C)cc2)cc1. The zero-order chi connectivity index (χ0) is 19.8. The maximum absolute atomic E-state index is 12.5. The van der Waals surface area contributed by atoms with Gasteiger partial charge in [0.25, 0.3) is 5.91 Å². The summed E-state index contributed by atoms with van der Waals surface area (Å²) in [5.41, 5.74) is 2.37. The second kappa shape index (κ2) is 9.62. The number of ether oxygens (including phenoxy) is 1. The highest BCUT2D eigenvalue weighted by molar-refractivity contribution is 5.95. The van der Waals surface area contributed by atoms with Gasteiger partial charge in [0.05, 0.1) is 6.54 Å². The van der Waals surface area contributed by atoms with Crippen molar-refractivity contribution in [1.82, 2.24) is 10.2 Å². The van der Waals surface area contributed by atoms with Crippen LogP contribution in [0.1, 0.15) is 29.8 Å². The number of urea groups is 1. The third-order valence-corrected chi connectivity index (χ3v) is 3.87. The molecule has 0 heterocycles. The van der Waals surface area contributed by atoms with Crippen LogP contribution in [-0.4, -0.2) is 43.1 Å². The molecule has 0 saturated carbocycles. The van der Waals surface area contributed by atoms with E-state index in [2.05, 4.69) is 10.6 Å². The van der Waals surface area contributed by atoms with Crippen molar-refractivity contribution in [2.45, 2.75) is 26.8 Å². The van der Waals surface area contributed by atoms with Crippen LogP contribution in [0.15, 0.2) is 48.5 Å². The molecule has 0 fully saturated rings. The molecule has 144 valence electrons. The van der Waals surface area contributed by atoms with Crippen molar-refractivity contribution in [3.63, 3.8) is 0 Å². The van der Waals surface area contributed by atoms with Gasteiger partial charge in [-0.25, -0.2) is 4.79 Å². The number of carbonyl (C=O) groups is 2. The van der Waals surface area contributed by atoms with Gasteiger partial charge < -0.3 is 20.3 Å². The van der Waals surface area contributed by atoms with Crippen molar-refractivity contribution in [3.05, 3.63) is 59.7 Å². The van der Waals surface area contributed by atoms with Crippen molar-refractivity contribution in [3.8, 4) is 5.75 Å². The number of amides is 3. The number of likely N-dealkylation sites (N-methyl/N-ethyl adjacent to an activating group) is 1. The Balaban J connectivity index is 1.83. The number of anilines is 1. The summed E-state index contributed by atoms with van der Waals surface area (Å²) in [7, 11) is 1.74. The van der Waals surface area contributed by atoms with Crippen LogP contribution in [0.2, 0.25) is 0 Å². The minimum atomic E-state index is -0.269. The van der Waals surface area contributed by atoms with Crippen LogP contribution in [0.4, 0.5) is 10.5 Å². The lowest BCUT2D eigenvalue weighted by Crippen LogP contribution is -2.34. The highest BCUT2D eigenvalue weighted by atomic mass is 16.5. The van der Waals surface area contributed by atoms with E-state index in [0.717, 1.165) is 5.75 Å². The summed E-state index contributed by atoms with van der Waals surface area (Å²) < 4.78 is 5.66. The molecule has 0 aliphatic carbocycles. The summed E-state index contributed by atoms with van der Waals surface area (Å²) in [5, 5.41) is 5.48. The second-order valence-electron chi connectivity index (χ2n) is 6.72. The number of rotatable bonds is 7. The molecule has 2 N–H and O–H groups in total. The molecule has 0 aromatic heterocycles. The van der Waals surface area contributed by atoms with E-state index >= 15 is 0 Å². The summed E-state index contributed by atoms with van der Waals surface area (Å²) in [6.45, 7) is 6.69. The van der Waals surface area contributed by atoms with Gasteiger partial charge in [0.2, 0.25) is 0 Å². The van der Waals surface area contributed by atoms with Crippen molar-refractivity contribution < 1.29 is 14.3 Å². The lowest BCUT2D eigenvalue weighted by Gasteiger charge is -2.18. The largest absolute Gasteiger partial charge is 0.492 e. The highest BCUT2D eigenvalue weighted by Crippen LogP contribution is 2.13. The van der Waals surface area contributed by atoms with Gasteiger partial charge in [0, 0.05) is 24.3 Å². The van der Waals surface area contributed by atoms with E-state index in [-0.39, 0.29) is 18.0 Å². The second-order valence-corrected chi connectivity index (χ2v) is 6.72. The molecule has 3 amide bonds. The molecular formula is C21H27N3O3. The topological polar surface area (TPSA) is 70.7 Å². The first kappa shape index (κ1) is 20.3. The zero-order valence-electron chi connectivity index (χ0n) is 16.3. The molecule has 2 rings (SSSR count). The van der Waals surface area contributed by atoms with Gasteiger partial charge in [-0.15, -0.1) is 0 Å². The van der Waals surface area contributed by atoms with E-state index in [0.29, 0.717) is 24.4 Å². The fourth-order valence-corrected chi connectivity index (χ4v) is 2.38. The minimum absolute atomic E-state index is 0.0571. The molecular weight excluding hydrogens is 342 g/mol. The Morgan fingerprint density at radius 1 is 1.04 bits per heavy atom. The number of hydrogen-bond donors (Lipinski definition) is 2. The highest BCUT2D eigenvalue weighted by Gasteiger charge is 2.12. The molecule has 6 heteroatoms. The van der Waals surface area contributed by atoms with Gasteiger partial charge in [0.15, 0.2) is 0 Å². The monoisotopic (exact) mass is 369 g/mol. The fourth-order valence-electron chi connectivity index (χ4n) is 2.38. The first-order valence-corrected chi connectivity index (χ1v) is 8.97. The van der Waals surface area contributed by atoms with E-state index in [1.54, 1.807) is 36.2 Å². The Hall–Kier alpha value is -3.02. The molecule has 0 atom stereocenters. The number of aryl methyl sites for hydroxylation is 1. The predicted molar refractivity (Wildman–Crippen MR) is 107 cm³/mol. The third-order valence-electron chi connectivity index (χ3n) is 3.87. The van der Waals surface area contributed by atoms with Crippen LogP contribution in [0.3, 0.4) is 0 Å². The molecule has 0 saturated heterocycles.